The summed E-state index contributed by atoms with van der Waals surface area (Å²) >= 11 is 0. The van der Waals surface area contributed by atoms with Gasteiger partial charge >= 0.3 is 6.18 Å². The van der Waals surface area contributed by atoms with Crippen molar-refractivity contribution in [2.24, 2.45) is 0 Å². The van der Waals surface area contributed by atoms with Crippen molar-refractivity contribution in [2.45, 2.75) is 42.8 Å². The molecule has 1 unspecified atom stereocenters. The maximum atomic E-state index is 13.0. The average molecular weight is 426 g/mol. The first-order chi connectivity index (χ1) is 13.7. The summed E-state index contributed by atoms with van der Waals surface area (Å²) in [4.78, 5) is 12.6. The molecule has 2 aromatic rings. The van der Waals surface area contributed by atoms with Gasteiger partial charge in [-0.1, -0.05) is 24.6 Å². The Morgan fingerprint density at radius 2 is 1.69 bits per heavy atom. The Labute approximate surface area is 167 Å². The third-order valence-corrected chi connectivity index (χ3v) is 6.81. The maximum Gasteiger partial charge on any atom is 0.416 e. The Kier molecular flexibility index (Phi) is 6.28. The molecule has 1 heterocycles. The van der Waals surface area contributed by atoms with Crippen molar-refractivity contribution in [3.63, 3.8) is 0 Å². The number of alkyl halides is 3. The van der Waals surface area contributed by atoms with Gasteiger partial charge in [-0.2, -0.15) is 17.5 Å². The third-order valence-electron chi connectivity index (χ3n) is 4.84. The fraction of sp³-hybridized carbons (Fsp3) is 0.350. The van der Waals surface area contributed by atoms with Crippen molar-refractivity contribution in [2.75, 3.05) is 11.9 Å². The second kappa shape index (κ2) is 8.54. The summed E-state index contributed by atoms with van der Waals surface area (Å²) in [6.07, 6.45) is -2.45. The molecule has 9 heteroatoms. The summed E-state index contributed by atoms with van der Waals surface area (Å²) in [5.41, 5.74) is -0.570. The number of amides is 1. The number of anilines is 1. The number of halogens is 3. The zero-order valence-electron chi connectivity index (χ0n) is 15.5. The number of hydrogen-bond donors (Lipinski definition) is 1. The first kappa shape index (κ1) is 21.3. The molecule has 0 radical (unpaired) electrons. The first-order valence-electron chi connectivity index (χ1n) is 9.22. The van der Waals surface area contributed by atoms with Gasteiger partial charge in [-0.15, -0.1) is 0 Å². The lowest BCUT2D eigenvalue weighted by Crippen LogP contribution is -2.45. The van der Waals surface area contributed by atoms with Crippen molar-refractivity contribution in [3.8, 4) is 0 Å². The Bertz CT molecular complexity index is 945. The van der Waals surface area contributed by atoms with E-state index in [-0.39, 0.29) is 17.0 Å². The standard InChI is InChI=1S/C20H21F3N2O3S/c21-20(22,23)15-9-11-16(12-10-15)24-19(26)14-17-6-4-5-13-25(17)29(27,28)18-7-2-1-3-8-18/h1-3,7-12,17H,4-6,13-14H2,(H,24,26). The van der Waals surface area contributed by atoms with E-state index in [1.165, 1.54) is 28.6 Å². The van der Waals surface area contributed by atoms with Crippen LogP contribution in [0.3, 0.4) is 0 Å². The molecular weight excluding hydrogens is 405 g/mol. The number of benzene rings is 2. The van der Waals surface area contributed by atoms with Gasteiger partial charge in [0.25, 0.3) is 0 Å². The van der Waals surface area contributed by atoms with Gasteiger partial charge in [-0.05, 0) is 49.2 Å². The molecule has 5 nitrogen and oxygen atoms in total. The predicted molar refractivity (Wildman–Crippen MR) is 103 cm³/mol. The van der Waals surface area contributed by atoms with E-state index < -0.39 is 33.7 Å². The van der Waals surface area contributed by atoms with Crippen LogP contribution in [0, 0.1) is 0 Å². The van der Waals surface area contributed by atoms with Crippen LogP contribution in [-0.4, -0.2) is 31.2 Å². The largest absolute Gasteiger partial charge is 0.416 e. The van der Waals surface area contributed by atoms with Crippen LogP contribution in [0.1, 0.15) is 31.2 Å². The van der Waals surface area contributed by atoms with E-state index in [4.69, 9.17) is 0 Å². The molecule has 0 aliphatic carbocycles. The Morgan fingerprint density at radius 1 is 1.03 bits per heavy atom. The highest BCUT2D eigenvalue weighted by molar-refractivity contribution is 7.89. The molecule has 1 atom stereocenters. The molecule has 0 saturated carbocycles. The highest BCUT2D eigenvalue weighted by atomic mass is 32.2. The van der Waals surface area contributed by atoms with Crippen molar-refractivity contribution >= 4 is 21.6 Å². The van der Waals surface area contributed by atoms with E-state index in [1.54, 1.807) is 18.2 Å². The molecule has 0 bridgehead atoms. The molecule has 0 aromatic heterocycles. The van der Waals surface area contributed by atoms with Crippen LogP contribution in [0.25, 0.3) is 0 Å². The number of nitrogens with one attached hydrogen (secondary N) is 1. The highest BCUT2D eigenvalue weighted by Crippen LogP contribution is 2.30. The van der Waals surface area contributed by atoms with Crippen LogP contribution >= 0.6 is 0 Å². The molecular formula is C20H21F3N2O3S. The van der Waals surface area contributed by atoms with Crippen LogP contribution in [-0.2, 0) is 21.0 Å². The quantitative estimate of drug-likeness (QED) is 0.776. The summed E-state index contributed by atoms with van der Waals surface area (Å²) in [7, 11) is -3.72. The van der Waals surface area contributed by atoms with Crippen molar-refractivity contribution in [1.29, 1.82) is 0 Å². The number of carbonyl (C=O) groups excluding carboxylic acids is 1. The van der Waals surface area contributed by atoms with Crippen LogP contribution in [0.15, 0.2) is 59.5 Å². The van der Waals surface area contributed by atoms with E-state index in [0.717, 1.165) is 18.6 Å². The van der Waals surface area contributed by atoms with Crippen LogP contribution in [0.5, 0.6) is 0 Å². The molecule has 1 amide bonds. The molecule has 29 heavy (non-hydrogen) atoms. The normalized spacial score (nSPS) is 18.4. The number of sulfonamides is 1. The van der Waals surface area contributed by atoms with Gasteiger partial charge < -0.3 is 5.32 Å². The fourth-order valence-electron chi connectivity index (χ4n) is 3.39. The summed E-state index contributed by atoms with van der Waals surface area (Å²) in [5, 5.41) is 2.55. The van der Waals surface area contributed by atoms with Gasteiger partial charge in [0, 0.05) is 24.7 Å². The topological polar surface area (TPSA) is 66.5 Å². The van der Waals surface area contributed by atoms with Gasteiger partial charge in [0.1, 0.15) is 0 Å². The second-order valence-corrected chi connectivity index (χ2v) is 8.80. The molecule has 3 rings (SSSR count). The molecule has 1 N–H and O–H groups in total. The van der Waals surface area contributed by atoms with Gasteiger partial charge in [0.05, 0.1) is 10.5 Å². The smallest absolute Gasteiger partial charge is 0.326 e. The molecule has 1 aliphatic heterocycles. The van der Waals surface area contributed by atoms with Gasteiger partial charge in [0.2, 0.25) is 15.9 Å². The second-order valence-electron chi connectivity index (χ2n) is 6.91. The number of piperidine rings is 1. The summed E-state index contributed by atoms with van der Waals surface area (Å²) < 4.78 is 65.2. The summed E-state index contributed by atoms with van der Waals surface area (Å²) in [5.74, 6) is -0.440. The van der Waals surface area contributed by atoms with E-state index in [1.807, 2.05) is 0 Å². The Balaban J connectivity index is 1.69. The molecule has 0 spiro atoms. The van der Waals surface area contributed by atoms with E-state index >= 15 is 0 Å². The van der Waals surface area contributed by atoms with Crippen molar-refractivity contribution in [3.05, 3.63) is 60.2 Å². The Morgan fingerprint density at radius 3 is 2.31 bits per heavy atom. The molecule has 1 aliphatic rings. The van der Waals surface area contributed by atoms with Gasteiger partial charge in [0.15, 0.2) is 0 Å². The van der Waals surface area contributed by atoms with Crippen LogP contribution in [0.4, 0.5) is 18.9 Å². The Hall–Kier alpha value is -2.39. The van der Waals surface area contributed by atoms with Gasteiger partial charge in [-0.3, -0.25) is 4.79 Å². The SMILES string of the molecule is O=C(CC1CCCCN1S(=O)(=O)c1ccccc1)Nc1ccc(C(F)(F)F)cc1. The lowest BCUT2D eigenvalue weighted by atomic mass is 10.0. The van der Waals surface area contributed by atoms with Crippen LogP contribution in [0.2, 0.25) is 0 Å². The zero-order valence-corrected chi connectivity index (χ0v) is 16.3. The van der Waals surface area contributed by atoms with Crippen molar-refractivity contribution < 1.29 is 26.4 Å². The lowest BCUT2D eigenvalue weighted by Gasteiger charge is -2.34. The first-order valence-corrected chi connectivity index (χ1v) is 10.7. The van der Waals surface area contributed by atoms with E-state index in [0.29, 0.717) is 19.4 Å². The monoisotopic (exact) mass is 426 g/mol. The fourth-order valence-corrected chi connectivity index (χ4v) is 5.10. The zero-order chi connectivity index (χ0) is 21.1. The molecule has 1 fully saturated rings. The summed E-state index contributed by atoms with van der Waals surface area (Å²) in [6, 6.07) is 11.7. The number of hydrogen-bond acceptors (Lipinski definition) is 3. The van der Waals surface area contributed by atoms with Crippen molar-refractivity contribution in [1.82, 2.24) is 4.31 Å². The minimum atomic E-state index is -4.45. The molecule has 2 aromatic carbocycles. The van der Waals surface area contributed by atoms with E-state index in [2.05, 4.69) is 5.32 Å². The predicted octanol–water partition coefficient (Wildman–Crippen LogP) is 4.28. The lowest BCUT2D eigenvalue weighted by molar-refractivity contribution is -0.137. The third kappa shape index (κ3) is 5.16. The minimum Gasteiger partial charge on any atom is -0.326 e. The summed E-state index contributed by atoms with van der Waals surface area (Å²) in [6.45, 7) is 0.329. The van der Waals surface area contributed by atoms with Gasteiger partial charge in [-0.25, -0.2) is 8.42 Å². The highest BCUT2D eigenvalue weighted by Gasteiger charge is 2.34. The number of nitrogens with zero attached hydrogens (tertiary/aromatic N) is 1. The molecule has 156 valence electrons. The number of rotatable bonds is 5. The number of carbonyl (C=O) groups is 1. The molecule has 1 saturated heterocycles. The van der Waals surface area contributed by atoms with Crippen LogP contribution < -0.4 is 5.32 Å². The van der Waals surface area contributed by atoms with E-state index in [9.17, 15) is 26.4 Å². The minimum absolute atomic E-state index is 0.0624. The average Bonchev–Trinajstić information content (AvgIpc) is 2.68. The maximum absolute atomic E-state index is 13.0.